The van der Waals surface area contributed by atoms with Crippen LogP contribution >= 0.6 is 11.6 Å². The SMILES string of the molecule is NCCCCNC(=O)C1(c2ccc(Cl)cc2)CCCC1. The largest absolute Gasteiger partial charge is 0.355 e. The molecule has 0 radical (unpaired) electrons. The number of halogens is 1. The number of hydrogen-bond acceptors (Lipinski definition) is 2. The molecule has 1 aromatic carbocycles. The third kappa shape index (κ3) is 3.33. The number of carbonyl (C=O) groups excluding carboxylic acids is 1. The molecule has 0 aliphatic heterocycles. The zero-order valence-electron chi connectivity index (χ0n) is 11.8. The number of nitrogens with one attached hydrogen (secondary N) is 1. The van der Waals surface area contributed by atoms with Gasteiger partial charge < -0.3 is 11.1 Å². The highest BCUT2D eigenvalue weighted by Crippen LogP contribution is 2.41. The average molecular weight is 295 g/mol. The molecule has 1 fully saturated rings. The van der Waals surface area contributed by atoms with Crippen LogP contribution in [0.25, 0.3) is 0 Å². The number of nitrogens with two attached hydrogens (primary N) is 1. The molecule has 3 nitrogen and oxygen atoms in total. The first-order valence-electron chi connectivity index (χ1n) is 7.43. The molecule has 110 valence electrons. The van der Waals surface area contributed by atoms with E-state index in [1.807, 2.05) is 24.3 Å². The lowest BCUT2D eigenvalue weighted by Gasteiger charge is -2.28. The number of carbonyl (C=O) groups is 1. The summed E-state index contributed by atoms with van der Waals surface area (Å²) in [5, 5.41) is 3.80. The van der Waals surface area contributed by atoms with Gasteiger partial charge in [0, 0.05) is 11.6 Å². The summed E-state index contributed by atoms with van der Waals surface area (Å²) in [6.07, 6.45) is 5.97. The third-order valence-electron chi connectivity index (χ3n) is 4.21. The first kappa shape index (κ1) is 15.3. The number of hydrogen-bond donors (Lipinski definition) is 2. The summed E-state index contributed by atoms with van der Waals surface area (Å²) in [6.45, 7) is 1.39. The van der Waals surface area contributed by atoms with Gasteiger partial charge >= 0.3 is 0 Å². The molecule has 0 heterocycles. The van der Waals surface area contributed by atoms with E-state index in [9.17, 15) is 4.79 Å². The third-order valence-corrected chi connectivity index (χ3v) is 4.46. The summed E-state index contributed by atoms with van der Waals surface area (Å²) < 4.78 is 0. The van der Waals surface area contributed by atoms with Crippen molar-refractivity contribution < 1.29 is 4.79 Å². The fourth-order valence-electron chi connectivity index (χ4n) is 3.03. The number of benzene rings is 1. The summed E-state index contributed by atoms with van der Waals surface area (Å²) in [6, 6.07) is 7.73. The number of amides is 1. The highest BCUT2D eigenvalue weighted by molar-refractivity contribution is 6.30. The van der Waals surface area contributed by atoms with Gasteiger partial charge in [0.2, 0.25) is 5.91 Å². The zero-order chi connectivity index (χ0) is 14.4. The maximum absolute atomic E-state index is 12.6. The van der Waals surface area contributed by atoms with Crippen LogP contribution in [0.4, 0.5) is 0 Å². The molecule has 1 aliphatic rings. The van der Waals surface area contributed by atoms with E-state index in [-0.39, 0.29) is 11.3 Å². The first-order valence-corrected chi connectivity index (χ1v) is 7.81. The Labute approximate surface area is 125 Å². The molecular formula is C16H23ClN2O. The van der Waals surface area contributed by atoms with Crippen molar-refractivity contribution in [2.45, 2.75) is 43.9 Å². The van der Waals surface area contributed by atoms with Crippen molar-refractivity contribution in [2.75, 3.05) is 13.1 Å². The van der Waals surface area contributed by atoms with Gasteiger partial charge in [-0.15, -0.1) is 0 Å². The highest BCUT2D eigenvalue weighted by Gasteiger charge is 2.42. The monoisotopic (exact) mass is 294 g/mol. The zero-order valence-corrected chi connectivity index (χ0v) is 12.6. The molecule has 3 N–H and O–H groups in total. The number of unbranched alkanes of at least 4 members (excludes halogenated alkanes) is 1. The van der Waals surface area contributed by atoms with Crippen LogP contribution in [-0.2, 0) is 10.2 Å². The Kier molecular flexibility index (Phi) is 5.44. The summed E-state index contributed by atoms with van der Waals surface area (Å²) >= 11 is 5.95. The number of rotatable bonds is 6. The molecule has 0 atom stereocenters. The molecule has 0 bridgehead atoms. The van der Waals surface area contributed by atoms with Crippen molar-refractivity contribution in [3.8, 4) is 0 Å². The summed E-state index contributed by atoms with van der Waals surface area (Å²) in [7, 11) is 0. The van der Waals surface area contributed by atoms with E-state index < -0.39 is 0 Å². The van der Waals surface area contributed by atoms with Gasteiger partial charge in [-0.1, -0.05) is 36.6 Å². The Morgan fingerprint density at radius 1 is 1.20 bits per heavy atom. The Morgan fingerprint density at radius 2 is 1.85 bits per heavy atom. The maximum atomic E-state index is 12.6. The van der Waals surface area contributed by atoms with Gasteiger partial charge in [-0.25, -0.2) is 0 Å². The second kappa shape index (κ2) is 7.09. The van der Waals surface area contributed by atoms with Crippen molar-refractivity contribution in [2.24, 2.45) is 5.73 Å². The van der Waals surface area contributed by atoms with E-state index in [0.717, 1.165) is 44.1 Å². The van der Waals surface area contributed by atoms with Gasteiger partial charge in [0.1, 0.15) is 0 Å². The smallest absolute Gasteiger partial charge is 0.230 e. The normalized spacial score (nSPS) is 17.1. The second-order valence-corrected chi connectivity index (χ2v) is 5.98. The van der Waals surface area contributed by atoms with E-state index in [4.69, 9.17) is 17.3 Å². The fourth-order valence-corrected chi connectivity index (χ4v) is 3.16. The predicted molar refractivity (Wildman–Crippen MR) is 82.9 cm³/mol. The van der Waals surface area contributed by atoms with Gasteiger partial charge in [-0.05, 0) is 49.9 Å². The highest BCUT2D eigenvalue weighted by atomic mass is 35.5. The van der Waals surface area contributed by atoms with Crippen LogP contribution in [0.3, 0.4) is 0 Å². The summed E-state index contributed by atoms with van der Waals surface area (Å²) in [5.74, 6) is 0.161. The quantitative estimate of drug-likeness (QED) is 0.793. The van der Waals surface area contributed by atoms with Crippen LogP contribution in [0.2, 0.25) is 5.02 Å². The Bertz CT molecular complexity index is 438. The van der Waals surface area contributed by atoms with Crippen LogP contribution < -0.4 is 11.1 Å². The van der Waals surface area contributed by atoms with Crippen LogP contribution in [0.5, 0.6) is 0 Å². The fraction of sp³-hybridized carbons (Fsp3) is 0.562. The van der Waals surface area contributed by atoms with Crippen LogP contribution in [-0.4, -0.2) is 19.0 Å². The van der Waals surface area contributed by atoms with E-state index in [1.54, 1.807) is 0 Å². The van der Waals surface area contributed by atoms with Crippen molar-refractivity contribution in [3.05, 3.63) is 34.9 Å². The molecule has 1 aromatic rings. The summed E-state index contributed by atoms with van der Waals surface area (Å²) in [5.41, 5.74) is 6.21. The molecule has 20 heavy (non-hydrogen) atoms. The lowest BCUT2D eigenvalue weighted by Crippen LogP contribution is -2.43. The maximum Gasteiger partial charge on any atom is 0.230 e. The average Bonchev–Trinajstić information content (AvgIpc) is 2.95. The lowest BCUT2D eigenvalue weighted by molar-refractivity contribution is -0.126. The van der Waals surface area contributed by atoms with E-state index in [1.165, 1.54) is 0 Å². The standard InChI is InChI=1S/C16H23ClN2O/c17-14-7-5-13(6-8-14)16(9-1-2-10-16)15(20)19-12-4-3-11-18/h5-8H,1-4,9-12,18H2,(H,19,20). The lowest BCUT2D eigenvalue weighted by atomic mass is 9.78. The van der Waals surface area contributed by atoms with Gasteiger partial charge in [0.05, 0.1) is 5.41 Å². The molecule has 1 saturated carbocycles. The first-order chi connectivity index (χ1) is 9.69. The minimum atomic E-state index is -0.354. The van der Waals surface area contributed by atoms with E-state index in [2.05, 4.69) is 5.32 Å². The molecule has 0 spiro atoms. The predicted octanol–water partition coefficient (Wildman–Crippen LogP) is 3.01. The van der Waals surface area contributed by atoms with Crippen molar-refractivity contribution in [3.63, 3.8) is 0 Å². The molecule has 1 aliphatic carbocycles. The van der Waals surface area contributed by atoms with Crippen molar-refractivity contribution in [1.29, 1.82) is 0 Å². The van der Waals surface area contributed by atoms with Gasteiger partial charge in [-0.2, -0.15) is 0 Å². The van der Waals surface area contributed by atoms with Crippen molar-refractivity contribution >= 4 is 17.5 Å². The van der Waals surface area contributed by atoms with Gasteiger partial charge in [0.25, 0.3) is 0 Å². The summed E-state index contributed by atoms with van der Waals surface area (Å²) in [4.78, 5) is 12.6. The minimum absolute atomic E-state index is 0.161. The van der Waals surface area contributed by atoms with E-state index in [0.29, 0.717) is 18.1 Å². The molecule has 4 heteroatoms. The van der Waals surface area contributed by atoms with Gasteiger partial charge in [0.15, 0.2) is 0 Å². The molecule has 0 aromatic heterocycles. The van der Waals surface area contributed by atoms with Crippen LogP contribution in [0, 0.1) is 0 Å². The van der Waals surface area contributed by atoms with Crippen molar-refractivity contribution in [1.82, 2.24) is 5.32 Å². The molecule has 1 amide bonds. The molecule has 0 unspecified atom stereocenters. The van der Waals surface area contributed by atoms with Gasteiger partial charge in [-0.3, -0.25) is 4.79 Å². The minimum Gasteiger partial charge on any atom is -0.355 e. The Hall–Kier alpha value is -1.06. The Morgan fingerprint density at radius 3 is 2.45 bits per heavy atom. The topological polar surface area (TPSA) is 55.1 Å². The molecule has 0 saturated heterocycles. The van der Waals surface area contributed by atoms with Crippen LogP contribution in [0.15, 0.2) is 24.3 Å². The van der Waals surface area contributed by atoms with Crippen LogP contribution in [0.1, 0.15) is 44.1 Å². The van der Waals surface area contributed by atoms with E-state index >= 15 is 0 Å². The Balaban J connectivity index is 2.09. The molecule has 2 rings (SSSR count). The molecular weight excluding hydrogens is 272 g/mol. The second-order valence-electron chi connectivity index (χ2n) is 5.55.